The third-order valence-corrected chi connectivity index (χ3v) is 1.78. The van der Waals surface area contributed by atoms with Gasteiger partial charge < -0.3 is 0 Å². The first-order valence-corrected chi connectivity index (χ1v) is 3.44. The van der Waals surface area contributed by atoms with Gasteiger partial charge in [-0.05, 0) is 27.8 Å². The minimum Gasteiger partial charge on any atom is -0.293 e. The second kappa shape index (κ2) is 2.74. The molecule has 0 heterocycles. The van der Waals surface area contributed by atoms with Crippen LogP contribution in [0.5, 0.6) is 0 Å². The van der Waals surface area contributed by atoms with Crippen molar-refractivity contribution in [2.45, 2.75) is 26.3 Å². The van der Waals surface area contributed by atoms with Crippen molar-refractivity contribution < 1.29 is 0 Å². The van der Waals surface area contributed by atoms with E-state index in [0.717, 1.165) is 5.88 Å². The molecule has 0 radical (unpaired) electrons. The van der Waals surface area contributed by atoms with Gasteiger partial charge in [0.15, 0.2) is 0 Å². The molecule has 0 spiro atoms. The molecule has 0 aliphatic carbocycles. The van der Waals surface area contributed by atoms with Crippen LogP contribution >= 0.6 is 12.6 Å². The maximum atomic E-state index is 4.13. The molecular weight excluding hydrogens is 118 g/mol. The highest BCUT2D eigenvalue weighted by molar-refractivity contribution is 7.80. The van der Waals surface area contributed by atoms with Crippen molar-refractivity contribution in [1.82, 2.24) is 4.90 Å². The van der Waals surface area contributed by atoms with E-state index < -0.39 is 0 Å². The molecule has 2 heteroatoms. The molecule has 0 bridgehead atoms. The molecule has 0 aliphatic heterocycles. The standard InChI is InChI=1S/C6H15NS/c1-6(2,3)7(4)5-8/h8H,5H2,1-4H3. The summed E-state index contributed by atoms with van der Waals surface area (Å²) in [5.41, 5.74) is 0.266. The maximum absolute atomic E-state index is 4.13. The Hall–Kier alpha value is 0.310. The summed E-state index contributed by atoms with van der Waals surface area (Å²) in [6.45, 7) is 6.51. The number of thiol groups is 1. The average Bonchev–Trinajstić information content (AvgIpc) is 1.62. The molecule has 0 saturated heterocycles. The van der Waals surface area contributed by atoms with Gasteiger partial charge in [-0.1, -0.05) is 0 Å². The van der Waals surface area contributed by atoms with Crippen LogP contribution in [0.3, 0.4) is 0 Å². The van der Waals surface area contributed by atoms with Crippen LogP contribution in [0.2, 0.25) is 0 Å². The Bertz CT molecular complexity index is 65.4. The topological polar surface area (TPSA) is 3.24 Å². The van der Waals surface area contributed by atoms with Gasteiger partial charge >= 0.3 is 0 Å². The van der Waals surface area contributed by atoms with E-state index in [9.17, 15) is 0 Å². The Morgan fingerprint density at radius 2 is 1.75 bits per heavy atom. The van der Waals surface area contributed by atoms with Crippen molar-refractivity contribution in [3.63, 3.8) is 0 Å². The Morgan fingerprint density at radius 3 is 1.75 bits per heavy atom. The van der Waals surface area contributed by atoms with Gasteiger partial charge in [0.05, 0.1) is 0 Å². The van der Waals surface area contributed by atoms with Crippen LogP contribution in [-0.4, -0.2) is 23.4 Å². The van der Waals surface area contributed by atoms with Crippen LogP contribution < -0.4 is 0 Å². The highest BCUT2D eigenvalue weighted by atomic mass is 32.1. The van der Waals surface area contributed by atoms with Crippen molar-refractivity contribution in [3.8, 4) is 0 Å². The lowest BCUT2D eigenvalue weighted by Gasteiger charge is -2.29. The van der Waals surface area contributed by atoms with Gasteiger partial charge in [0.25, 0.3) is 0 Å². The first-order valence-electron chi connectivity index (χ1n) is 2.80. The summed E-state index contributed by atoms with van der Waals surface area (Å²) in [5.74, 6) is 0.823. The predicted molar refractivity (Wildman–Crippen MR) is 41.4 cm³/mol. The van der Waals surface area contributed by atoms with E-state index >= 15 is 0 Å². The molecule has 50 valence electrons. The molecule has 0 fully saturated rings. The fraction of sp³-hybridized carbons (Fsp3) is 1.00. The minimum absolute atomic E-state index is 0.266. The van der Waals surface area contributed by atoms with Crippen molar-refractivity contribution in [3.05, 3.63) is 0 Å². The molecular formula is C6H15NS. The first-order chi connectivity index (χ1) is 3.48. The molecule has 0 aromatic carbocycles. The SMILES string of the molecule is CN(CS)C(C)(C)C. The molecule has 0 aliphatic rings. The van der Waals surface area contributed by atoms with Crippen molar-refractivity contribution in [2.24, 2.45) is 0 Å². The zero-order chi connectivity index (χ0) is 6.78. The lowest BCUT2D eigenvalue weighted by atomic mass is 10.1. The zero-order valence-corrected chi connectivity index (χ0v) is 7.00. The fourth-order valence-corrected chi connectivity index (χ4v) is 0.636. The molecule has 0 rings (SSSR count). The largest absolute Gasteiger partial charge is 0.293 e. The van der Waals surface area contributed by atoms with Crippen LogP contribution in [0.4, 0.5) is 0 Å². The van der Waals surface area contributed by atoms with E-state index in [1.54, 1.807) is 0 Å². The van der Waals surface area contributed by atoms with Crippen LogP contribution in [0.15, 0.2) is 0 Å². The summed E-state index contributed by atoms with van der Waals surface area (Å²) in [4.78, 5) is 2.18. The van der Waals surface area contributed by atoms with E-state index in [4.69, 9.17) is 0 Å². The Balaban J connectivity index is 3.62. The van der Waals surface area contributed by atoms with Gasteiger partial charge in [0, 0.05) is 11.4 Å². The molecule has 0 aromatic rings. The summed E-state index contributed by atoms with van der Waals surface area (Å²) < 4.78 is 0. The first kappa shape index (κ1) is 8.31. The summed E-state index contributed by atoms with van der Waals surface area (Å²) in [5, 5.41) is 0. The number of hydrogen-bond donors (Lipinski definition) is 1. The monoisotopic (exact) mass is 133 g/mol. The Labute approximate surface area is 57.5 Å². The number of hydrogen-bond acceptors (Lipinski definition) is 2. The van der Waals surface area contributed by atoms with Gasteiger partial charge in [-0.15, -0.1) is 0 Å². The smallest absolute Gasteiger partial charge is 0.0416 e. The summed E-state index contributed by atoms with van der Waals surface area (Å²) in [6.07, 6.45) is 0. The van der Waals surface area contributed by atoms with E-state index in [1.165, 1.54) is 0 Å². The normalized spacial score (nSPS) is 12.8. The Morgan fingerprint density at radius 1 is 1.38 bits per heavy atom. The van der Waals surface area contributed by atoms with E-state index in [1.807, 2.05) is 0 Å². The van der Waals surface area contributed by atoms with Gasteiger partial charge in [-0.2, -0.15) is 12.6 Å². The van der Waals surface area contributed by atoms with Gasteiger partial charge in [-0.3, -0.25) is 4.90 Å². The predicted octanol–water partition coefficient (Wildman–Crippen LogP) is 1.60. The molecule has 0 aromatic heterocycles. The summed E-state index contributed by atoms with van der Waals surface area (Å²) >= 11 is 4.13. The highest BCUT2D eigenvalue weighted by Crippen LogP contribution is 2.09. The van der Waals surface area contributed by atoms with Gasteiger partial charge in [0.2, 0.25) is 0 Å². The minimum atomic E-state index is 0.266. The average molecular weight is 133 g/mol. The lowest BCUT2D eigenvalue weighted by Crippen LogP contribution is -2.36. The van der Waals surface area contributed by atoms with Crippen molar-refractivity contribution in [2.75, 3.05) is 12.9 Å². The molecule has 8 heavy (non-hydrogen) atoms. The second-order valence-electron chi connectivity index (χ2n) is 3.01. The highest BCUT2D eigenvalue weighted by Gasteiger charge is 2.13. The molecule has 0 saturated carbocycles. The van der Waals surface area contributed by atoms with Crippen molar-refractivity contribution >= 4 is 12.6 Å². The second-order valence-corrected chi connectivity index (χ2v) is 3.29. The Kier molecular flexibility index (Phi) is 2.84. The summed E-state index contributed by atoms with van der Waals surface area (Å²) in [7, 11) is 2.06. The summed E-state index contributed by atoms with van der Waals surface area (Å²) in [6, 6.07) is 0. The van der Waals surface area contributed by atoms with Gasteiger partial charge in [-0.25, -0.2) is 0 Å². The third kappa shape index (κ3) is 2.58. The van der Waals surface area contributed by atoms with E-state index in [0.29, 0.717) is 0 Å². The quantitative estimate of drug-likeness (QED) is 0.420. The van der Waals surface area contributed by atoms with E-state index in [2.05, 4.69) is 45.3 Å². The molecule has 0 unspecified atom stereocenters. The van der Waals surface area contributed by atoms with Gasteiger partial charge in [0.1, 0.15) is 0 Å². The van der Waals surface area contributed by atoms with Crippen LogP contribution in [0.1, 0.15) is 20.8 Å². The lowest BCUT2D eigenvalue weighted by molar-refractivity contribution is 0.209. The fourth-order valence-electron chi connectivity index (χ4n) is 0.212. The third-order valence-electron chi connectivity index (χ3n) is 1.36. The number of rotatable bonds is 1. The zero-order valence-electron chi connectivity index (χ0n) is 6.10. The van der Waals surface area contributed by atoms with Crippen LogP contribution in [0.25, 0.3) is 0 Å². The molecule has 0 atom stereocenters. The molecule has 0 N–H and O–H groups in total. The maximum Gasteiger partial charge on any atom is 0.0416 e. The molecule has 1 nitrogen and oxygen atoms in total. The molecule has 0 amide bonds. The van der Waals surface area contributed by atoms with Crippen molar-refractivity contribution in [1.29, 1.82) is 0 Å². The van der Waals surface area contributed by atoms with Crippen LogP contribution in [-0.2, 0) is 0 Å². The van der Waals surface area contributed by atoms with Crippen LogP contribution in [0, 0.1) is 0 Å². The van der Waals surface area contributed by atoms with E-state index in [-0.39, 0.29) is 5.54 Å². The number of nitrogens with zero attached hydrogens (tertiary/aromatic N) is 1.